The van der Waals surface area contributed by atoms with Crippen molar-refractivity contribution in [2.75, 3.05) is 14.2 Å². The highest BCUT2D eigenvalue weighted by atomic mass is 16.5. The third-order valence-corrected chi connectivity index (χ3v) is 4.28. The summed E-state index contributed by atoms with van der Waals surface area (Å²) in [4.78, 5) is 24.6. The van der Waals surface area contributed by atoms with E-state index < -0.39 is 17.5 Å². The Labute approximate surface area is 149 Å². The molecule has 2 aromatic carbocycles. The third-order valence-electron chi connectivity index (χ3n) is 4.28. The van der Waals surface area contributed by atoms with Crippen LogP contribution in [0.1, 0.15) is 23.5 Å². The van der Waals surface area contributed by atoms with Gasteiger partial charge in [0, 0.05) is 11.5 Å². The van der Waals surface area contributed by atoms with Crippen LogP contribution in [0.15, 0.2) is 57.7 Å². The molecule has 0 aliphatic carbocycles. The van der Waals surface area contributed by atoms with E-state index in [4.69, 9.17) is 13.9 Å². The molecular formula is C20H18O6. The number of hydrogen-bond acceptors (Lipinski definition) is 6. The van der Waals surface area contributed by atoms with Crippen LogP contribution in [0.25, 0.3) is 11.0 Å². The molecule has 1 N–H and O–H groups in total. The number of methoxy groups -OCH3 is 2. The maximum absolute atomic E-state index is 12.6. The van der Waals surface area contributed by atoms with Crippen LogP contribution in [-0.2, 0) is 9.53 Å². The van der Waals surface area contributed by atoms with Crippen molar-refractivity contribution in [1.82, 2.24) is 0 Å². The fourth-order valence-corrected chi connectivity index (χ4v) is 3.03. The zero-order valence-electron chi connectivity index (χ0n) is 14.4. The first kappa shape index (κ1) is 17.5. The molecule has 1 unspecified atom stereocenters. The Bertz CT molecular complexity index is 1000. The monoisotopic (exact) mass is 354 g/mol. The summed E-state index contributed by atoms with van der Waals surface area (Å²) in [6, 6.07) is 13.7. The van der Waals surface area contributed by atoms with E-state index in [9.17, 15) is 14.7 Å². The van der Waals surface area contributed by atoms with Crippen molar-refractivity contribution in [3.8, 4) is 11.5 Å². The van der Waals surface area contributed by atoms with E-state index in [1.165, 1.54) is 14.2 Å². The number of benzene rings is 2. The Morgan fingerprint density at radius 3 is 2.54 bits per heavy atom. The molecule has 1 aromatic heterocycles. The molecule has 0 amide bonds. The van der Waals surface area contributed by atoms with Gasteiger partial charge < -0.3 is 19.0 Å². The Morgan fingerprint density at radius 1 is 1.12 bits per heavy atom. The molecule has 3 rings (SSSR count). The predicted molar refractivity (Wildman–Crippen MR) is 95.6 cm³/mol. The van der Waals surface area contributed by atoms with Crippen LogP contribution >= 0.6 is 0 Å². The number of fused-ring (bicyclic) bond motifs is 1. The van der Waals surface area contributed by atoms with Crippen LogP contribution in [0.2, 0.25) is 0 Å². The van der Waals surface area contributed by atoms with Gasteiger partial charge in [0.1, 0.15) is 17.1 Å². The Hall–Kier alpha value is -3.28. The largest absolute Gasteiger partial charge is 0.507 e. The van der Waals surface area contributed by atoms with Gasteiger partial charge in [-0.2, -0.15) is 0 Å². The fraction of sp³-hybridized carbons (Fsp3) is 0.200. The van der Waals surface area contributed by atoms with Crippen molar-refractivity contribution in [3.63, 3.8) is 0 Å². The van der Waals surface area contributed by atoms with Crippen LogP contribution in [0.3, 0.4) is 0 Å². The van der Waals surface area contributed by atoms with E-state index in [-0.39, 0.29) is 23.3 Å². The molecule has 0 bridgehead atoms. The maximum Gasteiger partial charge on any atom is 0.343 e. The van der Waals surface area contributed by atoms with Crippen molar-refractivity contribution in [3.05, 3.63) is 70.1 Å². The molecule has 0 aliphatic rings. The van der Waals surface area contributed by atoms with Crippen molar-refractivity contribution >= 4 is 16.9 Å². The van der Waals surface area contributed by atoms with Crippen molar-refractivity contribution < 1.29 is 23.8 Å². The number of hydrogen-bond donors (Lipinski definition) is 1. The summed E-state index contributed by atoms with van der Waals surface area (Å²) < 4.78 is 15.5. The van der Waals surface area contributed by atoms with Gasteiger partial charge in [-0.1, -0.05) is 30.3 Å². The SMILES string of the molecule is COC(=O)CC(c1ccccc1OC)c1c(O)c2ccccc2oc1=O. The summed E-state index contributed by atoms with van der Waals surface area (Å²) in [6.07, 6.45) is -0.145. The molecule has 6 nitrogen and oxygen atoms in total. The summed E-state index contributed by atoms with van der Waals surface area (Å²) >= 11 is 0. The minimum atomic E-state index is -0.778. The summed E-state index contributed by atoms with van der Waals surface area (Å²) in [7, 11) is 2.76. The molecule has 0 aliphatic heterocycles. The lowest BCUT2D eigenvalue weighted by Gasteiger charge is -2.19. The lowest BCUT2D eigenvalue weighted by atomic mass is 9.87. The number of carbonyl (C=O) groups excluding carboxylic acids is 1. The van der Waals surface area contributed by atoms with Crippen LogP contribution < -0.4 is 10.4 Å². The molecule has 0 spiro atoms. The summed E-state index contributed by atoms with van der Waals surface area (Å²) in [6.45, 7) is 0. The molecule has 6 heteroatoms. The van der Waals surface area contributed by atoms with Gasteiger partial charge in [-0.3, -0.25) is 4.79 Å². The summed E-state index contributed by atoms with van der Waals surface area (Å²) in [5.41, 5.74) is 0.147. The predicted octanol–water partition coefficient (Wildman–Crippen LogP) is 3.20. The first-order chi connectivity index (χ1) is 12.6. The molecule has 0 radical (unpaired) electrons. The van der Waals surface area contributed by atoms with Gasteiger partial charge >= 0.3 is 11.6 Å². The van der Waals surface area contributed by atoms with Gasteiger partial charge in [-0.15, -0.1) is 0 Å². The third kappa shape index (κ3) is 3.13. The van der Waals surface area contributed by atoms with Gasteiger partial charge in [0.05, 0.1) is 31.6 Å². The smallest absolute Gasteiger partial charge is 0.343 e. The summed E-state index contributed by atoms with van der Waals surface area (Å²) in [5.74, 6) is -1.02. The maximum atomic E-state index is 12.6. The summed E-state index contributed by atoms with van der Waals surface area (Å²) in [5, 5.41) is 11.2. The van der Waals surface area contributed by atoms with E-state index in [0.717, 1.165) is 0 Å². The quantitative estimate of drug-likeness (QED) is 0.559. The lowest BCUT2D eigenvalue weighted by Crippen LogP contribution is -2.18. The normalized spacial score (nSPS) is 11.9. The molecule has 0 saturated heterocycles. The zero-order valence-corrected chi connectivity index (χ0v) is 14.4. The zero-order chi connectivity index (χ0) is 18.7. The standard InChI is InChI=1S/C20H18O6/c1-24-15-9-5-3-7-12(15)14(11-17(21)25-2)18-19(22)13-8-4-6-10-16(13)26-20(18)23/h3-10,14,22H,11H2,1-2H3. The average Bonchev–Trinajstić information content (AvgIpc) is 2.67. The van der Waals surface area contributed by atoms with Gasteiger partial charge in [0.25, 0.3) is 0 Å². The van der Waals surface area contributed by atoms with Gasteiger partial charge in [-0.25, -0.2) is 4.79 Å². The van der Waals surface area contributed by atoms with Crippen LogP contribution in [0.4, 0.5) is 0 Å². The van der Waals surface area contributed by atoms with E-state index >= 15 is 0 Å². The highest BCUT2D eigenvalue weighted by Crippen LogP contribution is 2.39. The Morgan fingerprint density at radius 2 is 1.81 bits per heavy atom. The van der Waals surface area contributed by atoms with Crippen LogP contribution in [0, 0.1) is 0 Å². The number of carbonyl (C=O) groups is 1. The number of aromatic hydroxyl groups is 1. The molecular weight excluding hydrogens is 336 g/mol. The molecule has 0 saturated carbocycles. The second kappa shape index (κ2) is 7.31. The van der Waals surface area contributed by atoms with E-state index in [0.29, 0.717) is 16.7 Å². The Balaban J connectivity index is 2.27. The van der Waals surface area contributed by atoms with Crippen LogP contribution in [-0.4, -0.2) is 25.3 Å². The molecule has 26 heavy (non-hydrogen) atoms. The number of para-hydroxylation sites is 2. The topological polar surface area (TPSA) is 86.0 Å². The van der Waals surface area contributed by atoms with Crippen molar-refractivity contribution in [2.45, 2.75) is 12.3 Å². The van der Waals surface area contributed by atoms with Crippen LogP contribution in [0.5, 0.6) is 11.5 Å². The second-order valence-electron chi connectivity index (χ2n) is 5.72. The number of ether oxygens (including phenoxy) is 2. The van der Waals surface area contributed by atoms with E-state index in [1.807, 2.05) is 0 Å². The van der Waals surface area contributed by atoms with Gasteiger partial charge in [-0.05, 0) is 18.2 Å². The minimum absolute atomic E-state index is 0.00130. The molecule has 134 valence electrons. The van der Waals surface area contributed by atoms with E-state index in [1.54, 1.807) is 48.5 Å². The van der Waals surface area contributed by atoms with Gasteiger partial charge in [0.15, 0.2) is 0 Å². The first-order valence-electron chi connectivity index (χ1n) is 8.01. The molecule has 3 aromatic rings. The minimum Gasteiger partial charge on any atom is -0.507 e. The lowest BCUT2D eigenvalue weighted by molar-refractivity contribution is -0.140. The van der Waals surface area contributed by atoms with Crippen molar-refractivity contribution in [2.24, 2.45) is 0 Å². The fourth-order valence-electron chi connectivity index (χ4n) is 3.03. The van der Waals surface area contributed by atoms with Crippen molar-refractivity contribution in [1.29, 1.82) is 0 Å². The van der Waals surface area contributed by atoms with E-state index in [2.05, 4.69) is 0 Å². The highest BCUT2D eigenvalue weighted by Gasteiger charge is 2.29. The number of rotatable bonds is 5. The molecule has 0 fully saturated rings. The highest BCUT2D eigenvalue weighted by molar-refractivity contribution is 5.85. The van der Waals surface area contributed by atoms with Gasteiger partial charge in [0.2, 0.25) is 0 Å². The number of esters is 1. The Kier molecular flexibility index (Phi) is 4.93. The molecule has 1 heterocycles. The average molecular weight is 354 g/mol. The first-order valence-corrected chi connectivity index (χ1v) is 8.01. The second-order valence-corrected chi connectivity index (χ2v) is 5.72. The molecule has 1 atom stereocenters.